The molecule has 6 nitrogen and oxygen atoms in total. The van der Waals surface area contributed by atoms with Gasteiger partial charge >= 0.3 is 6.09 Å². The van der Waals surface area contributed by atoms with Crippen LogP contribution in [0.5, 0.6) is 0 Å². The summed E-state index contributed by atoms with van der Waals surface area (Å²) in [6, 6.07) is 12.9. The Kier molecular flexibility index (Phi) is 5.40. The number of likely N-dealkylation sites (tertiary alicyclic amines) is 1. The predicted molar refractivity (Wildman–Crippen MR) is 101 cm³/mol. The van der Waals surface area contributed by atoms with Crippen molar-refractivity contribution in [3.8, 4) is 11.1 Å². The third kappa shape index (κ3) is 3.59. The van der Waals surface area contributed by atoms with Crippen LogP contribution >= 0.6 is 0 Å². The van der Waals surface area contributed by atoms with Gasteiger partial charge in [0.2, 0.25) is 16.0 Å². The smallest absolute Gasteiger partial charge is 0.408 e. The Bertz CT molecular complexity index is 971. The summed E-state index contributed by atoms with van der Waals surface area (Å²) in [6.07, 6.45) is -3.22. The number of hydrogen-bond donors (Lipinski definition) is 2. The van der Waals surface area contributed by atoms with Crippen LogP contribution in [-0.4, -0.2) is 49.3 Å². The number of carboxylic acid groups (broad SMARTS) is 1. The molecule has 0 aromatic heterocycles. The number of amides is 1. The van der Waals surface area contributed by atoms with Crippen LogP contribution in [0, 0.1) is 0 Å². The highest BCUT2D eigenvalue weighted by Gasteiger charge is 2.55. The molecule has 28 heavy (non-hydrogen) atoms. The van der Waals surface area contributed by atoms with E-state index in [1.54, 1.807) is 18.2 Å². The zero-order valence-electron chi connectivity index (χ0n) is 15.0. The van der Waals surface area contributed by atoms with Crippen molar-refractivity contribution >= 4 is 16.1 Å². The standard InChI is InChI=1S/C19H20F2N2O4S/c1-19(15-9-5-8-14(10-15)13-6-3-2-4-7-13)17(22-28(26,27)12-20)16(21)11-23(19)18(24)25/h2-10,16-17,22H,11-12H2,1H3,(H,24,25). The molecule has 2 aromatic rings. The van der Waals surface area contributed by atoms with E-state index in [0.29, 0.717) is 5.56 Å². The van der Waals surface area contributed by atoms with Crippen LogP contribution in [0.2, 0.25) is 0 Å². The first-order chi connectivity index (χ1) is 13.2. The van der Waals surface area contributed by atoms with Gasteiger partial charge in [0, 0.05) is 0 Å². The summed E-state index contributed by atoms with van der Waals surface area (Å²) in [5, 5.41) is 9.60. The third-order valence-corrected chi connectivity index (χ3v) is 6.02. The highest BCUT2D eigenvalue weighted by atomic mass is 32.2. The molecule has 0 radical (unpaired) electrons. The summed E-state index contributed by atoms with van der Waals surface area (Å²) in [4.78, 5) is 12.6. The lowest BCUT2D eigenvalue weighted by molar-refractivity contribution is 0.102. The van der Waals surface area contributed by atoms with Gasteiger partial charge in [0.15, 0.2) is 0 Å². The van der Waals surface area contributed by atoms with Crippen molar-refractivity contribution in [3.63, 3.8) is 0 Å². The molecule has 150 valence electrons. The van der Waals surface area contributed by atoms with Gasteiger partial charge in [0.25, 0.3) is 0 Å². The SMILES string of the molecule is CC1(c2cccc(-c3ccccc3)c2)C(NS(=O)(=O)CF)C(F)CN1C(=O)O. The van der Waals surface area contributed by atoms with E-state index in [1.165, 1.54) is 6.92 Å². The number of nitrogens with one attached hydrogen (secondary N) is 1. The van der Waals surface area contributed by atoms with E-state index in [1.807, 2.05) is 41.1 Å². The molecular formula is C19H20F2N2O4S. The molecule has 1 saturated heterocycles. The molecule has 0 spiro atoms. The molecule has 1 aliphatic heterocycles. The van der Waals surface area contributed by atoms with Crippen molar-refractivity contribution in [2.75, 3.05) is 12.6 Å². The van der Waals surface area contributed by atoms with Gasteiger partial charge < -0.3 is 5.11 Å². The molecule has 3 atom stereocenters. The van der Waals surface area contributed by atoms with Gasteiger partial charge in [-0.15, -0.1) is 0 Å². The zero-order valence-corrected chi connectivity index (χ0v) is 15.9. The van der Waals surface area contributed by atoms with Crippen molar-refractivity contribution in [1.29, 1.82) is 0 Å². The Morgan fingerprint density at radius 1 is 1.21 bits per heavy atom. The van der Waals surface area contributed by atoms with Crippen LogP contribution < -0.4 is 4.72 Å². The van der Waals surface area contributed by atoms with Crippen molar-refractivity contribution in [3.05, 3.63) is 60.2 Å². The number of halogens is 2. The summed E-state index contributed by atoms with van der Waals surface area (Å²) in [5.41, 5.74) is 0.477. The molecule has 1 heterocycles. The van der Waals surface area contributed by atoms with Crippen molar-refractivity contribution in [1.82, 2.24) is 9.62 Å². The Labute approximate surface area is 161 Å². The molecule has 2 aromatic carbocycles. The number of hydrogen-bond acceptors (Lipinski definition) is 3. The number of benzene rings is 2. The first-order valence-electron chi connectivity index (χ1n) is 8.55. The van der Waals surface area contributed by atoms with Gasteiger partial charge in [-0.25, -0.2) is 26.7 Å². The second-order valence-electron chi connectivity index (χ2n) is 6.82. The average Bonchev–Trinajstić information content (AvgIpc) is 2.94. The van der Waals surface area contributed by atoms with Crippen molar-refractivity contribution in [2.24, 2.45) is 0 Å². The fraction of sp³-hybridized carbons (Fsp3) is 0.316. The van der Waals surface area contributed by atoms with E-state index < -0.39 is 46.4 Å². The lowest BCUT2D eigenvalue weighted by Gasteiger charge is -2.38. The fourth-order valence-corrected chi connectivity index (χ4v) is 4.49. The molecule has 3 unspecified atom stereocenters. The van der Waals surface area contributed by atoms with Crippen LogP contribution in [0.3, 0.4) is 0 Å². The summed E-state index contributed by atoms with van der Waals surface area (Å²) in [5.74, 6) is 0. The monoisotopic (exact) mass is 410 g/mol. The summed E-state index contributed by atoms with van der Waals surface area (Å²) in [7, 11) is -4.40. The first kappa shape index (κ1) is 20.2. The lowest BCUT2D eigenvalue weighted by Crippen LogP contribution is -2.55. The molecule has 3 rings (SSSR count). The van der Waals surface area contributed by atoms with Crippen LogP contribution in [0.25, 0.3) is 11.1 Å². The molecular weight excluding hydrogens is 390 g/mol. The molecule has 0 bridgehead atoms. The number of rotatable bonds is 5. The summed E-state index contributed by atoms with van der Waals surface area (Å²) < 4.78 is 53.1. The molecule has 9 heteroatoms. The minimum Gasteiger partial charge on any atom is -0.465 e. The molecule has 1 aliphatic rings. The molecule has 0 saturated carbocycles. The molecule has 1 fully saturated rings. The van der Waals surface area contributed by atoms with Gasteiger partial charge in [-0.1, -0.05) is 48.5 Å². The van der Waals surface area contributed by atoms with E-state index in [2.05, 4.69) is 0 Å². The second kappa shape index (κ2) is 7.48. The fourth-order valence-electron chi connectivity index (χ4n) is 3.66. The Morgan fingerprint density at radius 2 is 1.86 bits per heavy atom. The molecule has 1 amide bonds. The van der Waals surface area contributed by atoms with E-state index in [9.17, 15) is 27.1 Å². The topological polar surface area (TPSA) is 86.7 Å². The normalized spacial score (nSPS) is 25.0. The average molecular weight is 410 g/mol. The zero-order chi connectivity index (χ0) is 20.5. The van der Waals surface area contributed by atoms with E-state index >= 15 is 0 Å². The predicted octanol–water partition coefficient (Wildman–Crippen LogP) is 3.12. The van der Waals surface area contributed by atoms with Gasteiger partial charge in [-0.3, -0.25) is 4.90 Å². The second-order valence-corrected chi connectivity index (χ2v) is 8.51. The van der Waals surface area contributed by atoms with Crippen molar-refractivity contribution in [2.45, 2.75) is 24.7 Å². The van der Waals surface area contributed by atoms with E-state index in [0.717, 1.165) is 16.0 Å². The maximum atomic E-state index is 14.7. The van der Waals surface area contributed by atoms with Crippen LogP contribution in [0.4, 0.5) is 13.6 Å². The summed E-state index contributed by atoms with van der Waals surface area (Å²) in [6.45, 7) is 0.914. The Morgan fingerprint density at radius 3 is 2.46 bits per heavy atom. The highest BCUT2D eigenvalue weighted by molar-refractivity contribution is 7.89. The largest absolute Gasteiger partial charge is 0.465 e. The molecule has 0 aliphatic carbocycles. The van der Waals surface area contributed by atoms with Gasteiger partial charge in [0.1, 0.15) is 6.17 Å². The van der Waals surface area contributed by atoms with E-state index in [-0.39, 0.29) is 0 Å². The maximum absolute atomic E-state index is 14.7. The maximum Gasteiger partial charge on any atom is 0.408 e. The summed E-state index contributed by atoms with van der Waals surface area (Å²) >= 11 is 0. The Balaban J connectivity index is 2.12. The number of alkyl halides is 2. The third-order valence-electron chi connectivity index (χ3n) is 5.12. The first-order valence-corrected chi connectivity index (χ1v) is 10.2. The van der Waals surface area contributed by atoms with Crippen LogP contribution in [0.15, 0.2) is 54.6 Å². The quantitative estimate of drug-likeness (QED) is 0.793. The lowest BCUT2D eigenvalue weighted by atomic mass is 9.84. The van der Waals surface area contributed by atoms with E-state index in [4.69, 9.17) is 0 Å². The number of carbonyl (C=O) groups is 1. The number of nitrogens with zero attached hydrogens (tertiary/aromatic N) is 1. The van der Waals surface area contributed by atoms with Crippen LogP contribution in [0.1, 0.15) is 12.5 Å². The van der Waals surface area contributed by atoms with Crippen molar-refractivity contribution < 1.29 is 27.1 Å². The molecule has 2 N–H and O–H groups in total. The van der Waals surface area contributed by atoms with Crippen LogP contribution in [-0.2, 0) is 15.6 Å². The Hall–Kier alpha value is -2.52. The van der Waals surface area contributed by atoms with Gasteiger partial charge in [-0.2, -0.15) is 0 Å². The minimum absolute atomic E-state index is 0.406. The number of sulfonamides is 1. The van der Waals surface area contributed by atoms with Gasteiger partial charge in [0.05, 0.1) is 18.1 Å². The highest BCUT2D eigenvalue weighted by Crippen LogP contribution is 2.41. The van der Waals surface area contributed by atoms with Gasteiger partial charge in [-0.05, 0) is 29.7 Å². The minimum atomic E-state index is -4.40.